The van der Waals surface area contributed by atoms with Crippen molar-refractivity contribution in [1.82, 2.24) is 5.32 Å². The fourth-order valence-corrected chi connectivity index (χ4v) is 0.772. The molecule has 0 spiro atoms. The Morgan fingerprint density at radius 3 is 2.31 bits per heavy atom. The summed E-state index contributed by atoms with van der Waals surface area (Å²) < 4.78 is 23.4. The van der Waals surface area contributed by atoms with Crippen molar-refractivity contribution in [2.24, 2.45) is 0 Å². The summed E-state index contributed by atoms with van der Waals surface area (Å²) in [6, 6.07) is -0.723. The highest BCUT2D eigenvalue weighted by Crippen LogP contribution is 2.00. The van der Waals surface area contributed by atoms with E-state index < -0.39 is 24.3 Å². The third-order valence-corrected chi connectivity index (χ3v) is 1.46. The number of hydrogen-bond donors (Lipinski definition) is 2. The van der Waals surface area contributed by atoms with E-state index >= 15 is 0 Å². The predicted molar refractivity (Wildman–Crippen MR) is 40.5 cm³/mol. The molecule has 0 aliphatic heterocycles. The Morgan fingerprint density at radius 1 is 1.46 bits per heavy atom. The van der Waals surface area contributed by atoms with Gasteiger partial charge in [-0.15, -0.1) is 0 Å². The van der Waals surface area contributed by atoms with Gasteiger partial charge in [-0.1, -0.05) is 6.92 Å². The first-order chi connectivity index (χ1) is 5.97. The lowest BCUT2D eigenvalue weighted by atomic mass is 10.1. The molecule has 0 aliphatic carbocycles. The van der Waals surface area contributed by atoms with Crippen LogP contribution in [0.1, 0.15) is 19.8 Å². The molecule has 1 unspecified atom stereocenters. The van der Waals surface area contributed by atoms with Gasteiger partial charge in [0.15, 0.2) is 0 Å². The summed E-state index contributed by atoms with van der Waals surface area (Å²) in [5.74, 6) is -2.55. The molecule has 0 bridgehead atoms. The van der Waals surface area contributed by atoms with Crippen LogP contribution in [0.3, 0.4) is 0 Å². The summed E-state index contributed by atoms with van der Waals surface area (Å²) in [6.45, 7) is 1.61. The molecule has 0 heterocycles. The molecule has 0 fully saturated rings. The van der Waals surface area contributed by atoms with Crippen LogP contribution in [0.15, 0.2) is 0 Å². The number of hydrogen-bond acceptors (Lipinski definition) is 2. The maximum absolute atomic E-state index is 11.7. The SMILES string of the molecule is CCC(CC(=O)O)NC(=O)C(F)F. The summed E-state index contributed by atoms with van der Waals surface area (Å²) in [5.41, 5.74) is 0. The molecule has 1 atom stereocenters. The van der Waals surface area contributed by atoms with Crippen molar-refractivity contribution in [3.8, 4) is 0 Å². The summed E-state index contributed by atoms with van der Waals surface area (Å²) in [6.07, 6.45) is -3.12. The Kier molecular flexibility index (Phi) is 4.94. The number of nitrogens with one attached hydrogen (secondary N) is 1. The number of amides is 1. The fraction of sp³-hybridized carbons (Fsp3) is 0.714. The third kappa shape index (κ3) is 5.10. The van der Waals surface area contributed by atoms with Crippen LogP contribution < -0.4 is 5.32 Å². The van der Waals surface area contributed by atoms with E-state index in [-0.39, 0.29) is 6.42 Å². The average molecular weight is 195 g/mol. The van der Waals surface area contributed by atoms with Gasteiger partial charge < -0.3 is 10.4 Å². The van der Waals surface area contributed by atoms with Crippen molar-refractivity contribution in [2.75, 3.05) is 0 Å². The van der Waals surface area contributed by atoms with Crippen molar-refractivity contribution in [2.45, 2.75) is 32.2 Å². The standard InChI is InChI=1S/C7H11F2NO3/c1-2-4(3-5(11)12)10-7(13)6(8)9/h4,6H,2-3H2,1H3,(H,10,13)(H,11,12). The second kappa shape index (κ2) is 5.45. The summed E-state index contributed by atoms with van der Waals surface area (Å²) in [4.78, 5) is 20.6. The first-order valence-corrected chi connectivity index (χ1v) is 3.77. The Labute approximate surface area is 73.9 Å². The Balaban J connectivity index is 3.97. The van der Waals surface area contributed by atoms with E-state index in [2.05, 4.69) is 0 Å². The van der Waals surface area contributed by atoms with Gasteiger partial charge in [0.2, 0.25) is 0 Å². The van der Waals surface area contributed by atoms with Crippen LogP contribution in [0.2, 0.25) is 0 Å². The molecule has 0 radical (unpaired) electrons. The van der Waals surface area contributed by atoms with E-state index in [0.29, 0.717) is 6.42 Å². The van der Waals surface area contributed by atoms with Crippen LogP contribution in [0.4, 0.5) is 8.78 Å². The zero-order valence-corrected chi connectivity index (χ0v) is 7.09. The zero-order chi connectivity index (χ0) is 10.4. The number of halogens is 2. The average Bonchev–Trinajstić information content (AvgIpc) is 2.02. The van der Waals surface area contributed by atoms with Gasteiger partial charge in [0, 0.05) is 6.04 Å². The number of carboxylic acid groups (broad SMARTS) is 1. The van der Waals surface area contributed by atoms with Crippen LogP contribution in [0.25, 0.3) is 0 Å². The quantitative estimate of drug-likeness (QED) is 0.675. The van der Waals surface area contributed by atoms with Crippen molar-refractivity contribution in [3.63, 3.8) is 0 Å². The number of rotatable bonds is 5. The molecule has 76 valence electrons. The topological polar surface area (TPSA) is 66.4 Å². The summed E-state index contributed by atoms with van der Waals surface area (Å²) in [5, 5.41) is 10.3. The molecule has 0 aliphatic rings. The minimum Gasteiger partial charge on any atom is -0.481 e. The highest BCUT2D eigenvalue weighted by atomic mass is 19.3. The van der Waals surface area contributed by atoms with Gasteiger partial charge in [-0.2, -0.15) is 8.78 Å². The van der Waals surface area contributed by atoms with Crippen LogP contribution in [0.5, 0.6) is 0 Å². The predicted octanol–water partition coefficient (Wildman–Crippen LogP) is 0.621. The number of carbonyl (C=O) groups is 2. The third-order valence-electron chi connectivity index (χ3n) is 1.46. The molecule has 0 saturated carbocycles. The lowest BCUT2D eigenvalue weighted by molar-refractivity contribution is -0.138. The molecule has 0 rings (SSSR count). The maximum atomic E-state index is 11.7. The Morgan fingerprint density at radius 2 is 2.00 bits per heavy atom. The molecule has 1 amide bonds. The molecule has 0 aromatic heterocycles. The van der Waals surface area contributed by atoms with Gasteiger partial charge >= 0.3 is 12.4 Å². The molecule has 2 N–H and O–H groups in total. The van der Waals surface area contributed by atoms with Crippen LogP contribution >= 0.6 is 0 Å². The first-order valence-electron chi connectivity index (χ1n) is 3.77. The van der Waals surface area contributed by atoms with E-state index in [1.807, 2.05) is 5.32 Å². The maximum Gasteiger partial charge on any atom is 0.315 e. The van der Waals surface area contributed by atoms with Crippen molar-refractivity contribution in [1.29, 1.82) is 0 Å². The van der Waals surface area contributed by atoms with E-state index in [9.17, 15) is 18.4 Å². The molecular formula is C7H11F2NO3. The largest absolute Gasteiger partial charge is 0.481 e. The second-order valence-electron chi connectivity index (χ2n) is 2.51. The molecule has 4 nitrogen and oxygen atoms in total. The van der Waals surface area contributed by atoms with Crippen molar-refractivity contribution in [3.05, 3.63) is 0 Å². The van der Waals surface area contributed by atoms with Crippen LogP contribution in [0, 0.1) is 0 Å². The van der Waals surface area contributed by atoms with Gasteiger partial charge in [0.25, 0.3) is 5.91 Å². The fourth-order valence-electron chi connectivity index (χ4n) is 0.772. The molecule has 0 saturated heterocycles. The highest BCUT2D eigenvalue weighted by Gasteiger charge is 2.20. The van der Waals surface area contributed by atoms with E-state index in [4.69, 9.17) is 5.11 Å². The second-order valence-corrected chi connectivity index (χ2v) is 2.51. The number of alkyl halides is 2. The van der Waals surface area contributed by atoms with Crippen LogP contribution in [-0.2, 0) is 9.59 Å². The van der Waals surface area contributed by atoms with E-state index in [1.54, 1.807) is 6.92 Å². The zero-order valence-electron chi connectivity index (χ0n) is 7.09. The van der Waals surface area contributed by atoms with Gasteiger partial charge in [0.1, 0.15) is 0 Å². The van der Waals surface area contributed by atoms with Crippen molar-refractivity contribution >= 4 is 11.9 Å². The minimum absolute atomic E-state index is 0.310. The van der Waals surface area contributed by atoms with Gasteiger partial charge in [-0.05, 0) is 6.42 Å². The molecular weight excluding hydrogens is 184 g/mol. The lowest BCUT2D eigenvalue weighted by Gasteiger charge is -2.13. The molecule has 0 aromatic rings. The smallest absolute Gasteiger partial charge is 0.315 e. The summed E-state index contributed by atoms with van der Waals surface area (Å²) in [7, 11) is 0. The van der Waals surface area contributed by atoms with E-state index in [1.165, 1.54) is 0 Å². The first kappa shape index (κ1) is 11.8. The normalized spacial score (nSPS) is 12.6. The number of carboxylic acids is 1. The highest BCUT2D eigenvalue weighted by molar-refractivity contribution is 5.80. The molecule has 0 aromatic carbocycles. The van der Waals surface area contributed by atoms with Gasteiger partial charge in [0.05, 0.1) is 6.42 Å². The number of carbonyl (C=O) groups excluding carboxylic acids is 1. The monoisotopic (exact) mass is 195 g/mol. The van der Waals surface area contributed by atoms with Crippen molar-refractivity contribution < 1.29 is 23.5 Å². The van der Waals surface area contributed by atoms with Gasteiger partial charge in [-0.3, -0.25) is 9.59 Å². The Hall–Kier alpha value is -1.20. The summed E-state index contributed by atoms with van der Waals surface area (Å²) >= 11 is 0. The van der Waals surface area contributed by atoms with E-state index in [0.717, 1.165) is 0 Å². The molecule has 6 heteroatoms. The van der Waals surface area contributed by atoms with Gasteiger partial charge in [-0.25, -0.2) is 0 Å². The minimum atomic E-state index is -3.09. The Bertz CT molecular complexity index is 196. The molecule has 13 heavy (non-hydrogen) atoms. The lowest BCUT2D eigenvalue weighted by Crippen LogP contribution is -2.39. The van der Waals surface area contributed by atoms with Crippen LogP contribution in [-0.4, -0.2) is 29.5 Å². The number of aliphatic carboxylic acids is 1.